The molecule has 1 N–H and O–H groups in total. The van der Waals surface area contributed by atoms with Crippen molar-refractivity contribution in [2.75, 3.05) is 0 Å². The summed E-state index contributed by atoms with van der Waals surface area (Å²) in [5.74, 6) is 0. The second kappa shape index (κ2) is 5.68. The molecular formula is C19H25BClNO3. The molecule has 0 radical (unpaired) electrons. The summed E-state index contributed by atoms with van der Waals surface area (Å²) >= 11 is 6.49. The average molecular weight is 362 g/mol. The first-order valence-electron chi connectivity index (χ1n) is 8.51. The van der Waals surface area contributed by atoms with Gasteiger partial charge in [0.05, 0.1) is 27.3 Å². The molecule has 0 atom stereocenters. The number of pyridine rings is 1. The van der Waals surface area contributed by atoms with Crippen LogP contribution in [0.5, 0.6) is 0 Å². The van der Waals surface area contributed by atoms with Crippen molar-refractivity contribution >= 4 is 35.1 Å². The number of aromatic nitrogens is 1. The van der Waals surface area contributed by atoms with Gasteiger partial charge in [-0.05, 0) is 65.6 Å². The Balaban J connectivity index is 2.15. The number of fused-ring (bicyclic) bond motifs is 1. The maximum absolute atomic E-state index is 10.4. The summed E-state index contributed by atoms with van der Waals surface area (Å²) in [6.07, 6.45) is 1.69. The standard InChI is InChI=1S/C19H25BClNO3/c1-11-13-8-12(20-24-18(4,5)19(6,7)25-20)9-15(21)16(13)22-10-14(11)17(2,3)23/h8-10,23H,1-7H3. The van der Waals surface area contributed by atoms with Crippen LogP contribution in [0.2, 0.25) is 5.02 Å². The fourth-order valence-electron chi connectivity index (χ4n) is 3.14. The normalized spacial score (nSPS) is 19.6. The van der Waals surface area contributed by atoms with Gasteiger partial charge in [-0.2, -0.15) is 0 Å². The van der Waals surface area contributed by atoms with E-state index in [4.69, 9.17) is 20.9 Å². The highest BCUT2D eigenvalue weighted by Gasteiger charge is 2.51. The molecule has 0 amide bonds. The summed E-state index contributed by atoms with van der Waals surface area (Å²) < 4.78 is 12.3. The lowest BCUT2D eigenvalue weighted by molar-refractivity contribution is 0.00578. The zero-order chi connectivity index (χ0) is 18.8. The van der Waals surface area contributed by atoms with E-state index in [0.29, 0.717) is 10.5 Å². The molecule has 1 aliphatic heterocycles. The molecule has 0 unspecified atom stereocenters. The van der Waals surface area contributed by atoms with Crippen molar-refractivity contribution in [2.45, 2.75) is 65.3 Å². The Morgan fingerprint density at radius 1 is 1.12 bits per heavy atom. The molecule has 3 rings (SSSR count). The lowest BCUT2D eigenvalue weighted by Crippen LogP contribution is -2.41. The zero-order valence-electron chi connectivity index (χ0n) is 15.9. The van der Waals surface area contributed by atoms with Crippen molar-refractivity contribution in [1.29, 1.82) is 0 Å². The first-order valence-corrected chi connectivity index (χ1v) is 8.88. The van der Waals surface area contributed by atoms with Gasteiger partial charge in [0.25, 0.3) is 0 Å². The molecule has 0 bridgehead atoms. The molecule has 1 aliphatic rings. The predicted octanol–water partition coefficient (Wildman–Crippen LogP) is 3.72. The first kappa shape index (κ1) is 18.6. The number of halogens is 1. The summed E-state index contributed by atoms with van der Waals surface area (Å²) in [5.41, 5.74) is 1.50. The minimum atomic E-state index is -0.974. The summed E-state index contributed by atoms with van der Waals surface area (Å²) in [6, 6.07) is 3.85. The van der Waals surface area contributed by atoms with Crippen LogP contribution < -0.4 is 5.46 Å². The largest absolute Gasteiger partial charge is 0.494 e. The van der Waals surface area contributed by atoms with Crippen molar-refractivity contribution in [3.63, 3.8) is 0 Å². The molecule has 6 heteroatoms. The van der Waals surface area contributed by atoms with E-state index in [1.807, 2.05) is 46.8 Å². The summed E-state index contributed by atoms with van der Waals surface area (Å²) in [6.45, 7) is 13.6. The van der Waals surface area contributed by atoms with Crippen LogP contribution in [0.15, 0.2) is 18.3 Å². The maximum atomic E-state index is 10.4. The van der Waals surface area contributed by atoms with E-state index in [0.717, 1.165) is 22.0 Å². The fourth-order valence-corrected chi connectivity index (χ4v) is 3.42. The minimum Gasteiger partial charge on any atom is -0.399 e. The molecule has 4 nitrogen and oxygen atoms in total. The molecule has 1 fully saturated rings. The third kappa shape index (κ3) is 3.08. The molecule has 1 saturated heterocycles. The van der Waals surface area contributed by atoms with Crippen LogP contribution in [0.4, 0.5) is 0 Å². The van der Waals surface area contributed by atoms with Gasteiger partial charge in [-0.15, -0.1) is 0 Å². The zero-order valence-corrected chi connectivity index (χ0v) is 16.7. The number of hydrogen-bond acceptors (Lipinski definition) is 4. The number of benzene rings is 1. The van der Waals surface area contributed by atoms with Gasteiger partial charge in [0.2, 0.25) is 0 Å². The summed E-state index contributed by atoms with van der Waals surface area (Å²) in [5, 5.41) is 11.8. The third-order valence-corrected chi connectivity index (χ3v) is 5.69. The van der Waals surface area contributed by atoms with E-state index >= 15 is 0 Å². The van der Waals surface area contributed by atoms with Gasteiger partial charge in [-0.3, -0.25) is 4.98 Å². The number of aliphatic hydroxyl groups is 1. The van der Waals surface area contributed by atoms with Gasteiger partial charge in [-0.25, -0.2) is 0 Å². The van der Waals surface area contributed by atoms with Crippen LogP contribution in [-0.4, -0.2) is 28.4 Å². The Bertz CT molecular complexity index is 827. The highest BCUT2D eigenvalue weighted by Crippen LogP contribution is 2.37. The smallest absolute Gasteiger partial charge is 0.399 e. The lowest BCUT2D eigenvalue weighted by atomic mass is 9.78. The Labute approximate surface area is 154 Å². The molecule has 134 valence electrons. The van der Waals surface area contributed by atoms with Gasteiger partial charge in [0.15, 0.2) is 0 Å². The molecule has 0 aliphatic carbocycles. The van der Waals surface area contributed by atoms with E-state index in [-0.39, 0.29) is 0 Å². The van der Waals surface area contributed by atoms with Crippen LogP contribution in [0.25, 0.3) is 10.9 Å². The Morgan fingerprint density at radius 3 is 2.20 bits per heavy atom. The van der Waals surface area contributed by atoms with Crippen LogP contribution in [-0.2, 0) is 14.9 Å². The predicted molar refractivity (Wildman–Crippen MR) is 102 cm³/mol. The van der Waals surface area contributed by atoms with E-state index in [9.17, 15) is 5.11 Å². The van der Waals surface area contributed by atoms with E-state index in [2.05, 4.69) is 4.98 Å². The molecule has 0 spiro atoms. The van der Waals surface area contributed by atoms with Crippen LogP contribution in [0.3, 0.4) is 0 Å². The van der Waals surface area contributed by atoms with E-state index in [1.165, 1.54) is 0 Å². The molecule has 0 saturated carbocycles. The molecule has 1 aromatic carbocycles. The van der Waals surface area contributed by atoms with Gasteiger partial charge in [-0.1, -0.05) is 17.7 Å². The van der Waals surface area contributed by atoms with Crippen molar-refractivity contribution in [3.8, 4) is 0 Å². The summed E-state index contributed by atoms with van der Waals surface area (Å²) in [4.78, 5) is 4.46. The third-order valence-electron chi connectivity index (χ3n) is 5.40. The van der Waals surface area contributed by atoms with Crippen LogP contribution in [0, 0.1) is 6.92 Å². The van der Waals surface area contributed by atoms with Gasteiger partial charge < -0.3 is 14.4 Å². The Morgan fingerprint density at radius 2 is 1.68 bits per heavy atom. The monoisotopic (exact) mass is 361 g/mol. The quantitative estimate of drug-likeness (QED) is 0.828. The first-order chi connectivity index (χ1) is 11.3. The maximum Gasteiger partial charge on any atom is 0.494 e. The lowest BCUT2D eigenvalue weighted by Gasteiger charge is -2.32. The SMILES string of the molecule is Cc1c(C(C)(C)O)cnc2c(Cl)cc(B3OC(C)(C)C(C)(C)O3)cc12. The highest BCUT2D eigenvalue weighted by molar-refractivity contribution is 6.63. The molecular weight excluding hydrogens is 336 g/mol. The van der Waals surface area contributed by atoms with Crippen LogP contribution >= 0.6 is 11.6 Å². The van der Waals surface area contributed by atoms with Gasteiger partial charge in [0, 0.05) is 17.1 Å². The molecule has 2 heterocycles. The summed E-state index contributed by atoms with van der Waals surface area (Å²) in [7, 11) is -0.489. The topological polar surface area (TPSA) is 51.6 Å². The van der Waals surface area contributed by atoms with Crippen molar-refractivity contribution in [1.82, 2.24) is 4.98 Å². The second-order valence-electron chi connectivity index (χ2n) is 8.34. The number of nitrogens with zero attached hydrogens (tertiary/aromatic N) is 1. The Kier molecular flexibility index (Phi) is 4.24. The van der Waals surface area contributed by atoms with Gasteiger partial charge in [0.1, 0.15) is 0 Å². The second-order valence-corrected chi connectivity index (χ2v) is 8.75. The van der Waals surface area contributed by atoms with Crippen LogP contribution in [0.1, 0.15) is 52.7 Å². The van der Waals surface area contributed by atoms with E-state index < -0.39 is 23.9 Å². The average Bonchev–Trinajstić information content (AvgIpc) is 2.67. The molecule has 2 aromatic rings. The minimum absolute atomic E-state index is 0.415. The van der Waals surface area contributed by atoms with Crippen molar-refractivity contribution < 1.29 is 14.4 Å². The number of hydrogen-bond donors (Lipinski definition) is 1. The highest BCUT2D eigenvalue weighted by atomic mass is 35.5. The van der Waals surface area contributed by atoms with E-state index in [1.54, 1.807) is 20.0 Å². The fraction of sp³-hybridized carbons (Fsp3) is 0.526. The number of aryl methyl sites for hydroxylation is 1. The molecule has 25 heavy (non-hydrogen) atoms. The van der Waals surface area contributed by atoms with Crippen molar-refractivity contribution in [3.05, 3.63) is 34.5 Å². The Hall–Kier alpha value is -1.14. The van der Waals surface area contributed by atoms with Crippen molar-refractivity contribution in [2.24, 2.45) is 0 Å². The van der Waals surface area contributed by atoms with Gasteiger partial charge >= 0.3 is 7.12 Å². The number of rotatable bonds is 2. The molecule has 1 aromatic heterocycles.